The van der Waals surface area contributed by atoms with E-state index in [1.807, 2.05) is 12.1 Å². The smallest absolute Gasteiger partial charge is 0.123 e. The Morgan fingerprint density at radius 2 is 1.45 bits per heavy atom. The molecule has 3 aromatic carbocycles. The number of phenols is 3. The minimum atomic E-state index is 0.147. The highest BCUT2D eigenvalue weighted by Crippen LogP contribution is 2.33. The fraction of sp³-hybridized carbons (Fsp3) is 0.0588. The summed E-state index contributed by atoms with van der Waals surface area (Å²) in [6, 6.07) is 15.6. The van der Waals surface area contributed by atoms with Crippen LogP contribution >= 0.6 is 0 Å². The zero-order chi connectivity index (χ0) is 14.1. The maximum atomic E-state index is 10.0. The van der Waals surface area contributed by atoms with Crippen LogP contribution in [0, 0.1) is 0 Å². The molecule has 0 aromatic heterocycles. The fourth-order valence-corrected chi connectivity index (χ4v) is 2.41. The summed E-state index contributed by atoms with van der Waals surface area (Å²) in [4.78, 5) is 0. The Kier molecular flexibility index (Phi) is 2.95. The predicted octanol–water partition coefficient (Wildman–Crippen LogP) is 3.55. The van der Waals surface area contributed by atoms with Gasteiger partial charge in [-0.2, -0.15) is 0 Å². The lowest BCUT2D eigenvalue weighted by Gasteiger charge is -2.08. The van der Waals surface area contributed by atoms with Crippen LogP contribution in [0.1, 0.15) is 11.1 Å². The minimum absolute atomic E-state index is 0.147. The SMILES string of the molecule is Oc1cccc(Cc2cc(O)c3cccc(O)c3c2)c1. The van der Waals surface area contributed by atoms with Crippen LogP contribution in [-0.2, 0) is 6.42 Å². The molecule has 0 aliphatic rings. The van der Waals surface area contributed by atoms with Gasteiger partial charge in [-0.05, 0) is 47.9 Å². The molecule has 0 amide bonds. The first-order valence-electron chi connectivity index (χ1n) is 6.35. The van der Waals surface area contributed by atoms with Gasteiger partial charge in [-0.25, -0.2) is 0 Å². The van der Waals surface area contributed by atoms with Crippen molar-refractivity contribution in [3.63, 3.8) is 0 Å². The number of aromatic hydroxyl groups is 3. The molecule has 3 rings (SSSR count). The summed E-state index contributed by atoms with van der Waals surface area (Å²) in [6.07, 6.45) is 0.576. The maximum absolute atomic E-state index is 10.0. The molecule has 0 fully saturated rings. The largest absolute Gasteiger partial charge is 0.508 e. The van der Waals surface area contributed by atoms with Crippen molar-refractivity contribution in [1.82, 2.24) is 0 Å². The summed E-state index contributed by atoms with van der Waals surface area (Å²) >= 11 is 0. The summed E-state index contributed by atoms with van der Waals surface area (Å²) < 4.78 is 0. The van der Waals surface area contributed by atoms with Crippen molar-refractivity contribution < 1.29 is 15.3 Å². The molecule has 0 saturated carbocycles. The summed E-state index contributed by atoms with van der Waals surface area (Å²) in [5.74, 6) is 0.513. The highest BCUT2D eigenvalue weighted by molar-refractivity contribution is 5.93. The van der Waals surface area contributed by atoms with Crippen LogP contribution in [0.4, 0.5) is 0 Å². The number of hydrogen-bond acceptors (Lipinski definition) is 3. The van der Waals surface area contributed by atoms with E-state index in [2.05, 4.69) is 0 Å². The van der Waals surface area contributed by atoms with Crippen molar-refractivity contribution in [2.45, 2.75) is 6.42 Å². The van der Waals surface area contributed by atoms with Gasteiger partial charge in [0.1, 0.15) is 17.2 Å². The van der Waals surface area contributed by atoms with Gasteiger partial charge in [0, 0.05) is 10.8 Å². The van der Waals surface area contributed by atoms with E-state index < -0.39 is 0 Å². The number of phenolic OH excluding ortho intramolecular Hbond substituents is 3. The Balaban J connectivity index is 2.06. The van der Waals surface area contributed by atoms with E-state index in [1.54, 1.807) is 42.5 Å². The number of rotatable bonds is 2. The molecule has 0 atom stereocenters. The van der Waals surface area contributed by atoms with E-state index in [0.717, 1.165) is 11.1 Å². The molecule has 3 aromatic rings. The zero-order valence-corrected chi connectivity index (χ0v) is 10.7. The van der Waals surface area contributed by atoms with Gasteiger partial charge in [0.25, 0.3) is 0 Å². The molecule has 3 nitrogen and oxygen atoms in total. The molecule has 0 unspecified atom stereocenters. The topological polar surface area (TPSA) is 60.7 Å². The van der Waals surface area contributed by atoms with Crippen LogP contribution in [-0.4, -0.2) is 15.3 Å². The lowest BCUT2D eigenvalue weighted by atomic mass is 10.00. The Hall–Kier alpha value is -2.68. The van der Waals surface area contributed by atoms with Crippen LogP contribution in [0.3, 0.4) is 0 Å². The molecule has 0 saturated heterocycles. The number of benzene rings is 3. The quantitative estimate of drug-likeness (QED) is 0.664. The predicted molar refractivity (Wildman–Crippen MR) is 78.2 cm³/mol. The van der Waals surface area contributed by atoms with Crippen molar-refractivity contribution in [2.24, 2.45) is 0 Å². The standard InChI is InChI=1S/C17H14O3/c18-13-4-1-3-11(8-13)7-12-9-15-14(17(20)10-12)5-2-6-16(15)19/h1-6,8-10,18-20H,7H2. The lowest BCUT2D eigenvalue weighted by Crippen LogP contribution is -1.89. The van der Waals surface area contributed by atoms with Gasteiger partial charge in [-0.1, -0.05) is 24.3 Å². The lowest BCUT2D eigenvalue weighted by molar-refractivity contribution is 0.474. The average Bonchev–Trinajstić information content (AvgIpc) is 2.40. The van der Waals surface area contributed by atoms with E-state index in [1.165, 1.54) is 0 Å². The summed E-state index contributed by atoms with van der Waals surface area (Å²) in [5, 5.41) is 30.7. The van der Waals surface area contributed by atoms with Crippen molar-refractivity contribution in [2.75, 3.05) is 0 Å². The second kappa shape index (κ2) is 4.78. The van der Waals surface area contributed by atoms with E-state index in [0.29, 0.717) is 17.2 Å². The number of fused-ring (bicyclic) bond motifs is 1. The highest BCUT2D eigenvalue weighted by atomic mass is 16.3. The molecule has 0 heterocycles. The Labute approximate surface area is 116 Å². The molecular formula is C17H14O3. The van der Waals surface area contributed by atoms with Crippen molar-refractivity contribution in [3.8, 4) is 17.2 Å². The molecule has 20 heavy (non-hydrogen) atoms. The van der Waals surface area contributed by atoms with Crippen LogP contribution in [0.2, 0.25) is 0 Å². The Bertz CT molecular complexity index is 778. The molecule has 0 spiro atoms. The first-order valence-corrected chi connectivity index (χ1v) is 6.35. The first-order chi connectivity index (χ1) is 9.63. The van der Waals surface area contributed by atoms with Crippen LogP contribution in [0.5, 0.6) is 17.2 Å². The van der Waals surface area contributed by atoms with Gasteiger partial charge in [0.15, 0.2) is 0 Å². The molecular weight excluding hydrogens is 252 g/mol. The summed E-state index contributed by atoms with van der Waals surface area (Å²) in [7, 11) is 0. The number of hydrogen-bond donors (Lipinski definition) is 3. The van der Waals surface area contributed by atoms with Gasteiger partial charge < -0.3 is 15.3 Å². The van der Waals surface area contributed by atoms with Crippen molar-refractivity contribution in [3.05, 3.63) is 65.7 Å². The van der Waals surface area contributed by atoms with Gasteiger partial charge in [-0.3, -0.25) is 0 Å². The Morgan fingerprint density at radius 1 is 0.650 bits per heavy atom. The monoisotopic (exact) mass is 266 g/mol. The van der Waals surface area contributed by atoms with Crippen LogP contribution in [0.25, 0.3) is 10.8 Å². The maximum Gasteiger partial charge on any atom is 0.123 e. The van der Waals surface area contributed by atoms with Crippen LogP contribution < -0.4 is 0 Å². The molecule has 0 radical (unpaired) electrons. The normalized spacial score (nSPS) is 10.8. The molecule has 3 heteroatoms. The van der Waals surface area contributed by atoms with E-state index in [-0.39, 0.29) is 17.2 Å². The highest BCUT2D eigenvalue weighted by Gasteiger charge is 2.07. The third-order valence-electron chi connectivity index (χ3n) is 3.33. The second-order valence-corrected chi connectivity index (χ2v) is 4.83. The summed E-state index contributed by atoms with van der Waals surface area (Å²) in [5.41, 5.74) is 1.82. The zero-order valence-electron chi connectivity index (χ0n) is 10.7. The van der Waals surface area contributed by atoms with E-state index >= 15 is 0 Å². The Morgan fingerprint density at radius 3 is 2.25 bits per heavy atom. The molecule has 3 N–H and O–H groups in total. The minimum Gasteiger partial charge on any atom is -0.508 e. The third-order valence-corrected chi connectivity index (χ3v) is 3.33. The molecule has 0 aliphatic heterocycles. The fourth-order valence-electron chi connectivity index (χ4n) is 2.41. The van der Waals surface area contributed by atoms with Gasteiger partial charge in [-0.15, -0.1) is 0 Å². The average molecular weight is 266 g/mol. The molecule has 0 aliphatic carbocycles. The van der Waals surface area contributed by atoms with Crippen LogP contribution in [0.15, 0.2) is 54.6 Å². The van der Waals surface area contributed by atoms with Gasteiger partial charge in [0.05, 0.1) is 0 Å². The van der Waals surface area contributed by atoms with Gasteiger partial charge >= 0.3 is 0 Å². The molecule has 100 valence electrons. The van der Waals surface area contributed by atoms with Gasteiger partial charge in [0.2, 0.25) is 0 Å². The third kappa shape index (κ3) is 2.26. The van der Waals surface area contributed by atoms with Crippen molar-refractivity contribution >= 4 is 10.8 Å². The first kappa shape index (κ1) is 12.4. The summed E-state index contributed by atoms with van der Waals surface area (Å²) in [6.45, 7) is 0. The van der Waals surface area contributed by atoms with E-state index in [4.69, 9.17) is 0 Å². The van der Waals surface area contributed by atoms with E-state index in [9.17, 15) is 15.3 Å². The van der Waals surface area contributed by atoms with Crippen molar-refractivity contribution in [1.29, 1.82) is 0 Å². The second-order valence-electron chi connectivity index (χ2n) is 4.83. The molecule has 0 bridgehead atoms.